The van der Waals surface area contributed by atoms with E-state index in [0.29, 0.717) is 0 Å². The van der Waals surface area contributed by atoms with Crippen LogP contribution in [0, 0.1) is 12.8 Å². The first-order valence-corrected chi connectivity index (χ1v) is 16.9. The minimum absolute atomic E-state index is 0.0360. The van der Waals surface area contributed by atoms with Gasteiger partial charge in [-0.1, -0.05) is 96.6 Å². The second-order valence-corrected chi connectivity index (χ2v) is 14.7. The monoisotopic (exact) mass is 600 g/mol. The standard InChI is InChI=1S/C33H32N2O5S2/c1-24-17-19-28(20-18-24)41(37,38)34-23-29-32(21-30(34)25-11-5-2-6-12-25)35(42(39,40)27-15-9-4-10-16-27)31(22-33(29)36)26-13-7-3-8-14-26/h2-20,29-32H,21-23H2,1H3/t29-,30+,31+,32+/m1/s1. The van der Waals surface area contributed by atoms with E-state index in [1.807, 2.05) is 67.6 Å². The molecule has 9 heteroatoms. The molecule has 0 aromatic heterocycles. The highest BCUT2D eigenvalue weighted by atomic mass is 32.2. The molecule has 4 aromatic rings. The molecule has 2 saturated heterocycles. The van der Waals surface area contributed by atoms with Crippen molar-refractivity contribution >= 4 is 25.8 Å². The number of carbonyl (C=O) groups excluding carboxylic acids is 1. The van der Waals surface area contributed by atoms with E-state index in [2.05, 4.69) is 0 Å². The SMILES string of the molecule is Cc1ccc(S(=O)(=O)N2C[C@H]3C(=O)C[C@@H](c4ccccc4)N(S(=O)(=O)c4ccccc4)[C@H]3C[C@H]2c2ccccc2)cc1. The zero-order chi connectivity index (χ0) is 29.5. The molecular formula is C33H32N2O5S2. The van der Waals surface area contributed by atoms with Crippen LogP contribution in [0.5, 0.6) is 0 Å². The minimum atomic E-state index is -4.06. The predicted octanol–water partition coefficient (Wildman–Crippen LogP) is 5.52. The average molecular weight is 601 g/mol. The van der Waals surface area contributed by atoms with Crippen LogP contribution in [-0.2, 0) is 24.8 Å². The summed E-state index contributed by atoms with van der Waals surface area (Å²) in [6, 6.07) is 31.3. The number of sulfonamides is 2. The fourth-order valence-electron chi connectivity index (χ4n) is 6.30. The molecule has 0 radical (unpaired) electrons. The number of hydrogen-bond acceptors (Lipinski definition) is 5. The first-order chi connectivity index (χ1) is 20.2. The number of carbonyl (C=O) groups is 1. The third-order valence-electron chi connectivity index (χ3n) is 8.41. The van der Waals surface area contributed by atoms with Crippen LogP contribution in [0.25, 0.3) is 0 Å². The van der Waals surface area contributed by atoms with Crippen molar-refractivity contribution in [3.63, 3.8) is 0 Å². The van der Waals surface area contributed by atoms with Gasteiger partial charge in [-0.05, 0) is 48.7 Å². The summed E-state index contributed by atoms with van der Waals surface area (Å²) < 4.78 is 59.9. The number of nitrogens with zero attached hydrogens (tertiary/aromatic N) is 2. The molecule has 0 unspecified atom stereocenters. The summed E-state index contributed by atoms with van der Waals surface area (Å²) >= 11 is 0. The van der Waals surface area contributed by atoms with Crippen LogP contribution >= 0.6 is 0 Å². The summed E-state index contributed by atoms with van der Waals surface area (Å²) in [7, 11) is -8.06. The number of Topliss-reactive ketones (excluding diaryl/α,β-unsaturated/α-hetero) is 1. The molecule has 4 atom stereocenters. The highest BCUT2D eigenvalue weighted by Crippen LogP contribution is 2.48. The van der Waals surface area contributed by atoms with Gasteiger partial charge in [-0.15, -0.1) is 0 Å². The van der Waals surface area contributed by atoms with Crippen LogP contribution in [0.3, 0.4) is 0 Å². The molecule has 0 N–H and O–H groups in total. The summed E-state index contributed by atoms with van der Waals surface area (Å²) in [5, 5.41) is 0. The van der Waals surface area contributed by atoms with Crippen molar-refractivity contribution in [1.29, 1.82) is 0 Å². The Bertz CT molecular complexity index is 1780. The van der Waals surface area contributed by atoms with Gasteiger partial charge in [0.25, 0.3) is 0 Å². The zero-order valence-electron chi connectivity index (χ0n) is 23.2. The van der Waals surface area contributed by atoms with Crippen molar-refractivity contribution in [2.24, 2.45) is 5.92 Å². The smallest absolute Gasteiger partial charge is 0.243 e. The molecule has 2 fully saturated rings. The Morgan fingerprint density at radius 1 is 0.619 bits per heavy atom. The van der Waals surface area contributed by atoms with Crippen molar-refractivity contribution in [3.05, 3.63) is 132 Å². The van der Waals surface area contributed by atoms with Gasteiger partial charge < -0.3 is 0 Å². The lowest BCUT2D eigenvalue weighted by Gasteiger charge is -2.51. The Labute approximate surface area is 247 Å². The molecule has 2 aliphatic heterocycles. The van der Waals surface area contributed by atoms with E-state index in [1.54, 1.807) is 54.6 Å². The summed E-state index contributed by atoms with van der Waals surface area (Å²) in [5.74, 6) is -0.951. The molecule has 0 aliphatic carbocycles. The highest BCUT2D eigenvalue weighted by molar-refractivity contribution is 7.89. The Balaban J connectivity index is 1.50. The molecule has 7 nitrogen and oxygen atoms in total. The van der Waals surface area contributed by atoms with Gasteiger partial charge in [0.1, 0.15) is 5.78 Å². The molecule has 0 saturated carbocycles. The fraction of sp³-hybridized carbons (Fsp3) is 0.242. The van der Waals surface area contributed by atoms with Crippen LogP contribution in [0.2, 0.25) is 0 Å². The van der Waals surface area contributed by atoms with Crippen molar-refractivity contribution in [1.82, 2.24) is 8.61 Å². The van der Waals surface area contributed by atoms with Crippen molar-refractivity contribution in [2.45, 2.75) is 47.7 Å². The first kappa shape index (κ1) is 28.5. The Hall–Kier alpha value is -3.63. The molecule has 0 spiro atoms. The highest BCUT2D eigenvalue weighted by Gasteiger charge is 2.54. The van der Waals surface area contributed by atoms with Gasteiger partial charge in [0, 0.05) is 24.9 Å². The second-order valence-electron chi connectivity index (χ2n) is 11.0. The summed E-state index contributed by atoms with van der Waals surface area (Å²) in [6.07, 6.45) is 0.104. The van der Waals surface area contributed by atoms with E-state index in [1.165, 1.54) is 8.61 Å². The van der Waals surface area contributed by atoms with E-state index < -0.39 is 44.1 Å². The molecule has 2 aliphatic rings. The lowest BCUT2D eigenvalue weighted by molar-refractivity contribution is -0.132. The lowest BCUT2D eigenvalue weighted by atomic mass is 9.77. The zero-order valence-corrected chi connectivity index (χ0v) is 24.8. The van der Waals surface area contributed by atoms with Crippen LogP contribution < -0.4 is 0 Å². The van der Waals surface area contributed by atoms with Crippen LogP contribution in [-0.4, -0.2) is 43.8 Å². The molecule has 6 rings (SSSR count). The van der Waals surface area contributed by atoms with Crippen molar-refractivity contribution < 1.29 is 21.6 Å². The molecule has 42 heavy (non-hydrogen) atoms. The van der Waals surface area contributed by atoms with Gasteiger partial charge in [0.15, 0.2) is 0 Å². The predicted molar refractivity (Wildman–Crippen MR) is 160 cm³/mol. The molecule has 0 amide bonds. The first-order valence-electron chi connectivity index (χ1n) is 14.0. The molecule has 0 bridgehead atoms. The molecule has 216 valence electrons. The summed E-state index contributed by atoms with van der Waals surface area (Å²) in [5.41, 5.74) is 2.41. The van der Waals surface area contributed by atoms with Crippen LogP contribution in [0.4, 0.5) is 0 Å². The largest absolute Gasteiger partial charge is 0.299 e. The Morgan fingerprint density at radius 3 is 1.69 bits per heavy atom. The maximum absolute atomic E-state index is 14.4. The topological polar surface area (TPSA) is 91.8 Å². The molecular weight excluding hydrogens is 569 g/mol. The maximum atomic E-state index is 14.4. The van der Waals surface area contributed by atoms with Gasteiger partial charge in [0.2, 0.25) is 20.0 Å². The van der Waals surface area contributed by atoms with Gasteiger partial charge in [-0.25, -0.2) is 16.8 Å². The van der Waals surface area contributed by atoms with E-state index in [4.69, 9.17) is 0 Å². The van der Waals surface area contributed by atoms with Crippen LogP contribution in [0.1, 0.15) is 41.6 Å². The fourth-order valence-corrected chi connectivity index (χ4v) is 9.82. The van der Waals surface area contributed by atoms with Gasteiger partial charge in [-0.3, -0.25) is 4.79 Å². The average Bonchev–Trinajstić information content (AvgIpc) is 3.01. The third kappa shape index (κ3) is 5.11. The number of benzene rings is 4. The number of hydrogen-bond donors (Lipinski definition) is 0. The van der Waals surface area contributed by atoms with Crippen molar-refractivity contribution in [3.8, 4) is 0 Å². The van der Waals surface area contributed by atoms with Gasteiger partial charge in [-0.2, -0.15) is 8.61 Å². The number of aryl methyl sites for hydroxylation is 1. The molecule has 4 aromatic carbocycles. The number of rotatable bonds is 6. The quantitative estimate of drug-likeness (QED) is 0.291. The third-order valence-corrected chi connectivity index (χ3v) is 12.2. The van der Waals surface area contributed by atoms with E-state index in [0.717, 1.165) is 16.7 Å². The number of ketones is 1. The van der Waals surface area contributed by atoms with Gasteiger partial charge >= 0.3 is 0 Å². The Kier molecular flexibility index (Phi) is 7.61. The van der Waals surface area contributed by atoms with Gasteiger partial charge in [0.05, 0.1) is 21.9 Å². The minimum Gasteiger partial charge on any atom is -0.299 e. The Morgan fingerprint density at radius 2 is 1.12 bits per heavy atom. The van der Waals surface area contributed by atoms with Crippen molar-refractivity contribution in [2.75, 3.05) is 6.54 Å². The maximum Gasteiger partial charge on any atom is 0.243 e. The number of piperidine rings is 2. The van der Waals surface area contributed by atoms with E-state index in [-0.39, 0.29) is 35.0 Å². The van der Waals surface area contributed by atoms with E-state index in [9.17, 15) is 21.6 Å². The summed E-state index contributed by atoms with van der Waals surface area (Å²) in [4.78, 5) is 14.2. The normalized spacial score (nSPS) is 23.8. The lowest BCUT2D eigenvalue weighted by Crippen LogP contribution is -2.60. The second kappa shape index (κ2) is 11.2. The van der Waals surface area contributed by atoms with E-state index >= 15 is 0 Å². The number of fused-ring (bicyclic) bond motifs is 1. The van der Waals surface area contributed by atoms with Crippen LogP contribution in [0.15, 0.2) is 125 Å². The summed E-state index contributed by atoms with van der Waals surface area (Å²) in [6.45, 7) is 1.78. The molecule has 2 heterocycles.